The van der Waals surface area contributed by atoms with Gasteiger partial charge in [-0.15, -0.1) is 0 Å². The molecule has 0 amide bonds. The summed E-state index contributed by atoms with van der Waals surface area (Å²) in [7, 11) is -3.95. The maximum atomic E-state index is 13.2. The molecule has 0 heterocycles. The molecule has 0 aromatic heterocycles. The second kappa shape index (κ2) is 5.87. The van der Waals surface area contributed by atoms with Gasteiger partial charge in [0.05, 0.1) is 28.6 Å². The molecule has 0 atom stereocenters. The van der Waals surface area contributed by atoms with Gasteiger partial charge in [-0.25, -0.2) is 17.5 Å². The minimum atomic E-state index is -3.95. The zero-order valence-electron chi connectivity index (χ0n) is 8.60. The van der Waals surface area contributed by atoms with Gasteiger partial charge in [-0.2, -0.15) is 0 Å². The van der Waals surface area contributed by atoms with E-state index in [1.807, 2.05) is 4.72 Å². The second-order valence-electron chi connectivity index (χ2n) is 3.26. The van der Waals surface area contributed by atoms with Crippen molar-refractivity contribution in [2.75, 3.05) is 13.2 Å². The molecule has 0 saturated carbocycles. The van der Waals surface area contributed by atoms with Crippen LogP contribution >= 0.6 is 15.9 Å². The molecule has 0 aliphatic heterocycles. The Labute approximate surface area is 106 Å². The molecule has 17 heavy (non-hydrogen) atoms. The number of hydrogen-bond acceptors (Lipinski definition) is 4. The summed E-state index contributed by atoms with van der Waals surface area (Å²) in [6.07, 6.45) is 0. The highest BCUT2D eigenvalue weighted by Crippen LogP contribution is 2.19. The Morgan fingerprint density at radius 3 is 2.41 bits per heavy atom. The van der Waals surface area contributed by atoms with Crippen LogP contribution in [0.1, 0.15) is 0 Å². The molecular formula is C9H11BrFNO4S. The lowest BCUT2D eigenvalue weighted by Gasteiger charge is -2.13. The molecule has 1 rings (SSSR count). The van der Waals surface area contributed by atoms with Crippen LogP contribution in [0.5, 0.6) is 0 Å². The topological polar surface area (TPSA) is 86.6 Å². The van der Waals surface area contributed by atoms with Gasteiger partial charge in [0.1, 0.15) is 5.82 Å². The first-order valence-electron chi connectivity index (χ1n) is 4.60. The average Bonchev–Trinajstić information content (AvgIpc) is 2.29. The van der Waals surface area contributed by atoms with Crippen molar-refractivity contribution in [1.29, 1.82) is 0 Å². The van der Waals surface area contributed by atoms with Crippen molar-refractivity contribution in [2.24, 2.45) is 0 Å². The van der Waals surface area contributed by atoms with Gasteiger partial charge in [0.15, 0.2) is 0 Å². The first-order valence-corrected chi connectivity index (χ1v) is 6.87. The molecule has 0 aliphatic carbocycles. The number of nitrogens with one attached hydrogen (secondary N) is 1. The smallest absolute Gasteiger partial charge is 0.241 e. The first-order chi connectivity index (χ1) is 7.90. The molecule has 0 spiro atoms. The van der Waals surface area contributed by atoms with Gasteiger partial charge in [0.25, 0.3) is 0 Å². The number of halogens is 2. The molecule has 1 aromatic carbocycles. The number of aliphatic hydroxyl groups is 2. The third-order valence-corrected chi connectivity index (χ3v) is 4.13. The Kier molecular flexibility index (Phi) is 5.02. The van der Waals surface area contributed by atoms with Crippen LogP contribution in [-0.2, 0) is 10.0 Å². The van der Waals surface area contributed by atoms with Gasteiger partial charge < -0.3 is 10.2 Å². The quantitative estimate of drug-likeness (QED) is 0.722. The summed E-state index contributed by atoms with van der Waals surface area (Å²) in [6.45, 7) is -1.09. The highest BCUT2D eigenvalue weighted by Gasteiger charge is 2.20. The van der Waals surface area contributed by atoms with Gasteiger partial charge in [0, 0.05) is 0 Å². The fraction of sp³-hybridized carbons (Fsp3) is 0.333. The lowest BCUT2D eigenvalue weighted by atomic mass is 10.3. The van der Waals surface area contributed by atoms with Gasteiger partial charge in [-0.1, -0.05) is 0 Å². The minimum absolute atomic E-state index is 0.150. The van der Waals surface area contributed by atoms with E-state index in [-0.39, 0.29) is 9.37 Å². The second-order valence-corrected chi connectivity index (χ2v) is 5.83. The maximum absolute atomic E-state index is 13.2. The summed E-state index contributed by atoms with van der Waals surface area (Å²) < 4.78 is 38.8. The Balaban J connectivity index is 3.01. The van der Waals surface area contributed by atoms with Gasteiger partial charge in [0.2, 0.25) is 10.0 Å². The lowest BCUT2D eigenvalue weighted by Crippen LogP contribution is -2.40. The van der Waals surface area contributed by atoms with E-state index in [9.17, 15) is 12.8 Å². The molecule has 0 saturated heterocycles. The van der Waals surface area contributed by atoms with Crippen molar-refractivity contribution in [1.82, 2.24) is 4.72 Å². The number of aliphatic hydroxyl groups excluding tert-OH is 2. The van der Waals surface area contributed by atoms with E-state index in [0.29, 0.717) is 0 Å². The van der Waals surface area contributed by atoms with Crippen LogP contribution in [0.2, 0.25) is 0 Å². The van der Waals surface area contributed by atoms with E-state index < -0.39 is 35.1 Å². The number of rotatable bonds is 5. The molecule has 96 valence electrons. The third-order valence-electron chi connectivity index (χ3n) is 1.96. The first kappa shape index (κ1) is 14.5. The molecule has 0 aliphatic rings. The normalized spacial score (nSPS) is 12.1. The summed E-state index contributed by atoms with van der Waals surface area (Å²) in [4.78, 5) is -0.273. The van der Waals surface area contributed by atoms with Crippen molar-refractivity contribution in [3.8, 4) is 0 Å². The minimum Gasteiger partial charge on any atom is -0.395 e. The van der Waals surface area contributed by atoms with E-state index in [1.54, 1.807) is 0 Å². The van der Waals surface area contributed by atoms with E-state index in [4.69, 9.17) is 10.2 Å². The molecular weight excluding hydrogens is 317 g/mol. The summed E-state index contributed by atoms with van der Waals surface area (Å²) in [6, 6.07) is 2.31. The van der Waals surface area contributed by atoms with Crippen LogP contribution in [0.25, 0.3) is 0 Å². The molecule has 0 fully saturated rings. The number of sulfonamides is 1. The molecule has 0 bridgehead atoms. The van der Waals surface area contributed by atoms with E-state index in [0.717, 1.165) is 6.07 Å². The lowest BCUT2D eigenvalue weighted by molar-refractivity contribution is 0.185. The molecule has 3 N–H and O–H groups in total. The SMILES string of the molecule is O=S(=O)(NC(CO)CO)c1ccc(Br)c(F)c1. The van der Waals surface area contributed by atoms with Crippen LogP contribution in [0.15, 0.2) is 27.6 Å². The standard InChI is InChI=1S/C9H11BrFNO4S/c10-8-2-1-7(3-9(8)11)17(15,16)12-6(4-13)5-14/h1-3,6,12-14H,4-5H2. The van der Waals surface area contributed by atoms with E-state index in [1.165, 1.54) is 12.1 Å². The van der Waals surface area contributed by atoms with Crippen molar-refractivity contribution < 1.29 is 23.0 Å². The maximum Gasteiger partial charge on any atom is 0.241 e. The molecule has 0 radical (unpaired) electrons. The van der Waals surface area contributed by atoms with Crippen molar-refractivity contribution in [3.05, 3.63) is 28.5 Å². The molecule has 0 unspecified atom stereocenters. The monoisotopic (exact) mass is 327 g/mol. The van der Waals surface area contributed by atoms with Crippen molar-refractivity contribution in [3.63, 3.8) is 0 Å². The van der Waals surface area contributed by atoms with E-state index in [2.05, 4.69) is 15.9 Å². The fourth-order valence-electron chi connectivity index (χ4n) is 1.06. The third kappa shape index (κ3) is 3.71. The Bertz CT molecular complexity index is 490. The van der Waals surface area contributed by atoms with Crippen LogP contribution in [0, 0.1) is 5.82 Å². The Morgan fingerprint density at radius 1 is 1.35 bits per heavy atom. The highest BCUT2D eigenvalue weighted by atomic mass is 79.9. The van der Waals surface area contributed by atoms with E-state index >= 15 is 0 Å². The van der Waals surface area contributed by atoms with Gasteiger partial charge in [-0.3, -0.25) is 0 Å². The zero-order valence-corrected chi connectivity index (χ0v) is 11.0. The average molecular weight is 328 g/mol. The van der Waals surface area contributed by atoms with Gasteiger partial charge >= 0.3 is 0 Å². The number of benzene rings is 1. The molecule has 8 heteroatoms. The largest absolute Gasteiger partial charge is 0.395 e. The van der Waals surface area contributed by atoms with Crippen LogP contribution in [-0.4, -0.2) is 37.9 Å². The summed E-state index contributed by atoms with van der Waals surface area (Å²) in [5.74, 6) is -0.711. The molecule has 1 aromatic rings. The van der Waals surface area contributed by atoms with Crippen molar-refractivity contribution in [2.45, 2.75) is 10.9 Å². The van der Waals surface area contributed by atoms with Crippen molar-refractivity contribution >= 4 is 26.0 Å². The Hall–Kier alpha value is -0.540. The predicted molar refractivity (Wildman–Crippen MR) is 62.4 cm³/mol. The molecule has 5 nitrogen and oxygen atoms in total. The summed E-state index contributed by atoms with van der Waals surface area (Å²) in [5.41, 5.74) is 0. The summed E-state index contributed by atoms with van der Waals surface area (Å²) >= 11 is 2.90. The zero-order chi connectivity index (χ0) is 13.1. The highest BCUT2D eigenvalue weighted by molar-refractivity contribution is 9.10. The summed E-state index contributed by atoms with van der Waals surface area (Å²) in [5, 5.41) is 17.5. The Morgan fingerprint density at radius 2 is 1.94 bits per heavy atom. The van der Waals surface area contributed by atoms with Crippen LogP contribution < -0.4 is 4.72 Å². The van der Waals surface area contributed by atoms with Crippen LogP contribution in [0.3, 0.4) is 0 Å². The van der Waals surface area contributed by atoms with Crippen LogP contribution in [0.4, 0.5) is 4.39 Å². The fourth-order valence-corrected chi connectivity index (χ4v) is 2.54. The predicted octanol–water partition coefficient (Wildman–Crippen LogP) is 0.220. The van der Waals surface area contributed by atoms with Gasteiger partial charge in [-0.05, 0) is 34.1 Å². The number of hydrogen-bond donors (Lipinski definition) is 3.